The number of carbonyl (C=O) groups is 2. The molecule has 27 heavy (non-hydrogen) atoms. The summed E-state index contributed by atoms with van der Waals surface area (Å²) in [5.74, 6) is -0.736. The number of hydrogen-bond donors (Lipinski definition) is 1. The average molecular weight is 362 g/mol. The number of hydrogen-bond acceptors (Lipinski definition) is 7. The van der Waals surface area contributed by atoms with Crippen molar-refractivity contribution in [1.82, 2.24) is 10.2 Å². The number of aromatic nitrogens is 2. The second-order valence-corrected chi connectivity index (χ2v) is 5.48. The number of nitriles is 1. The molecular formula is C19H14N4O4. The van der Waals surface area contributed by atoms with Crippen LogP contribution >= 0.6 is 0 Å². The largest absolute Gasteiger partial charge is 0.452 e. The van der Waals surface area contributed by atoms with E-state index in [1.807, 2.05) is 6.07 Å². The predicted molar refractivity (Wildman–Crippen MR) is 94.4 cm³/mol. The predicted octanol–water partition coefficient (Wildman–Crippen LogP) is 2.60. The lowest BCUT2D eigenvalue weighted by atomic mass is 10.1. The third-order valence-electron chi connectivity index (χ3n) is 3.58. The molecule has 1 aromatic heterocycles. The van der Waals surface area contributed by atoms with Gasteiger partial charge in [0.05, 0.1) is 18.1 Å². The first-order chi connectivity index (χ1) is 13.2. The number of anilines is 1. The summed E-state index contributed by atoms with van der Waals surface area (Å²) in [5, 5.41) is 18.6. The Morgan fingerprint density at radius 2 is 1.85 bits per heavy atom. The van der Waals surface area contributed by atoms with Crippen molar-refractivity contribution in [2.75, 3.05) is 11.9 Å². The molecule has 0 spiro atoms. The Bertz CT molecular complexity index is 958. The quantitative estimate of drug-likeness (QED) is 0.670. The lowest BCUT2D eigenvalue weighted by molar-refractivity contribution is -0.119. The van der Waals surface area contributed by atoms with Crippen LogP contribution in [0.3, 0.4) is 0 Å². The molecule has 3 aromatic rings. The maximum atomic E-state index is 12.0. The van der Waals surface area contributed by atoms with Crippen molar-refractivity contribution in [2.45, 2.75) is 6.42 Å². The third kappa shape index (κ3) is 4.76. The summed E-state index contributed by atoms with van der Waals surface area (Å²) in [6.07, 6.45) is 1.52. The topological polar surface area (TPSA) is 118 Å². The van der Waals surface area contributed by atoms with Gasteiger partial charge in [-0.3, -0.25) is 4.79 Å². The van der Waals surface area contributed by atoms with Crippen LogP contribution in [0.2, 0.25) is 0 Å². The van der Waals surface area contributed by atoms with E-state index in [1.54, 1.807) is 48.5 Å². The van der Waals surface area contributed by atoms with Crippen LogP contribution in [-0.2, 0) is 16.0 Å². The fourth-order valence-corrected chi connectivity index (χ4v) is 2.26. The van der Waals surface area contributed by atoms with Crippen LogP contribution in [0.4, 0.5) is 5.69 Å². The van der Waals surface area contributed by atoms with Crippen molar-refractivity contribution in [3.8, 4) is 17.5 Å². The standard InChI is InChI=1S/C19H14N4O4/c20-10-9-13-1-7-16(8-2-13)22-17(24)11-26-19(25)15-5-3-14(4-6-15)18-23-21-12-27-18/h1-8,12H,9,11H2,(H,22,24). The van der Waals surface area contributed by atoms with E-state index in [0.717, 1.165) is 5.56 Å². The maximum absolute atomic E-state index is 12.0. The van der Waals surface area contributed by atoms with Gasteiger partial charge < -0.3 is 14.5 Å². The fraction of sp³-hybridized carbons (Fsp3) is 0.105. The minimum absolute atomic E-state index is 0.298. The van der Waals surface area contributed by atoms with E-state index >= 15 is 0 Å². The van der Waals surface area contributed by atoms with E-state index in [1.165, 1.54) is 6.39 Å². The van der Waals surface area contributed by atoms with Gasteiger partial charge >= 0.3 is 5.97 Å². The molecule has 0 aliphatic heterocycles. The molecule has 0 radical (unpaired) electrons. The minimum atomic E-state index is -0.619. The van der Waals surface area contributed by atoms with Crippen molar-refractivity contribution in [3.63, 3.8) is 0 Å². The number of benzene rings is 2. The molecular weight excluding hydrogens is 348 g/mol. The van der Waals surface area contributed by atoms with Crippen LogP contribution in [0.25, 0.3) is 11.5 Å². The fourth-order valence-electron chi connectivity index (χ4n) is 2.26. The maximum Gasteiger partial charge on any atom is 0.338 e. The van der Waals surface area contributed by atoms with Crippen molar-refractivity contribution in [1.29, 1.82) is 5.26 Å². The van der Waals surface area contributed by atoms with E-state index < -0.39 is 18.5 Å². The van der Waals surface area contributed by atoms with Gasteiger partial charge in [0.2, 0.25) is 12.3 Å². The van der Waals surface area contributed by atoms with Gasteiger partial charge in [0.25, 0.3) is 5.91 Å². The van der Waals surface area contributed by atoms with Gasteiger partial charge in [-0.2, -0.15) is 5.26 Å². The first kappa shape index (κ1) is 17.8. The summed E-state index contributed by atoms with van der Waals surface area (Å²) < 4.78 is 10.1. The average Bonchev–Trinajstić information content (AvgIpc) is 3.23. The number of amides is 1. The number of nitrogens with one attached hydrogen (secondary N) is 1. The monoisotopic (exact) mass is 362 g/mol. The first-order valence-electron chi connectivity index (χ1n) is 7.95. The summed E-state index contributed by atoms with van der Waals surface area (Å²) in [6, 6.07) is 15.3. The van der Waals surface area contributed by atoms with Crippen LogP contribution in [0.15, 0.2) is 59.3 Å². The minimum Gasteiger partial charge on any atom is -0.452 e. The summed E-state index contributed by atoms with van der Waals surface area (Å²) in [5.41, 5.74) is 2.38. The number of nitrogens with zero attached hydrogens (tertiary/aromatic N) is 3. The van der Waals surface area contributed by atoms with Crippen LogP contribution in [0, 0.1) is 11.3 Å². The molecule has 0 bridgehead atoms. The van der Waals surface area contributed by atoms with Crippen LogP contribution < -0.4 is 5.32 Å². The normalized spacial score (nSPS) is 10.0. The van der Waals surface area contributed by atoms with Gasteiger partial charge in [0.15, 0.2) is 6.61 Å². The molecule has 0 aliphatic carbocycles. The second kappa shape index (κ2) is 8.40. The highest BCUT2D eigenvalue weighted by atomic mass is 16.5. The molecule has 8 heteroatoms. The molecule has 0 aliphatic rings. The van der Waals surface area contributed by atoms with Crippen LogP contribution in [-0.4, -0.2) is 28.7 Å². The summed E-state index contributed by atoms with van der Waals surface area (Å²) >= 11 is 0. The molecule has 0 fully saturated rings. The number of rotatable bonds is 6. The van der Waals surface area contributed by atoms with E-state index in [-0.39, 0.29) is 0 Å². The lowest BCUT2D eigenvalue weighted by Gasteiger charge is -2.07. The SMILES string of the molecule is N#CCc1ccc(NC(=O)COC(=O)c2ccc(-c3nnco3)cc2)cc1. The van der Waals surface area contributed by atoms with Crippen molar-refractivity contribution < 1.29 is 18.7 Å². The third-order valence-corrected chi connectivity index (χ3v) is 3.58. The van der Waals surface area contributed by atoms with Gasteiger partial charge in [-0.05, 0) is 42.0 Å². The van der Waals surface area contributed by atoms with E-state index in [4.69, 9.17) is 14.4 Å². The van der Waals surface area contributed by atoms with Crippen molar-refractivity contribution in [3.05, 3.63) is 66.1 Å². The molecule has 0 saturated heterocycles. The zero-order valence-electron chi connectivity index (χ0n) is 14.1. The van der Waals surface area contributed by atoms with Gasteiger partial charge in [-0.1, -0.05) is 12.1 Å². The first-order valence-corrected chi connectivity index (χ1v) is 7.95. The summed E-state index contributed by atoms with van der Waals surface area (Å²) in [7, 11) is 0. The summed E-state index contributed by atoms with van der Waals surface area (Å²) in [4.78, 5) is 23.9. The van der Waals surface area contributed by atoms with Gasteiger partial charge in [-0.25, -0.2) is 4.79 Å². The lowest BCUT2D eigenvalue weighted by Crippen LogP contribution is -2.20. The number of esters is 1. The highest BCUT2D eigenvalue weighted by molar-refractivity contribution is 5.95. The molecule has 0 unspecified atom stereocenters. The van der Waals surface area contributed by atoms with Gasteiger partial charge in [0.1, 0.15) is 0 Å². The molecule has 8 nitrogen and oxygen atoms in total. The highest BCUT2D eigenvalue weighted by Gasteiger charge is 2.12. The van der Waals surface area contributed by atoms with Crippen molar-refractivity contribution >= 4 is 17.6 Å². The Hall–Kier alpha value is -3.99. The zero-order valence-corrected chi connectivity index (χ0v) is 14.1. The Labute approximate surface area is 154 Å². The molecule has 1 heterocycles. The second-order valence-electron chi connectivity index (χ2n) is 5.48. The van der Waals surface area contributed by atoms with Crippen LogP contribution in [0.1, 0.15) is 15.9 Å². The Kier molecular flexibility index (Phi) is 5.54. The molecule has 2 aromatic carbocycles. The highest BCUT2D eigenvalue weighted by Crippen LogP contribution is 2.17. The van der Waals surface area contributed by atoms with Crippen molar-refractivity contribution in [2.24, 2.45) is 0 Å². The Morgan fingerprint density at radius 3 is 2.48 bits per heavy atom. The molecule has 134 valence electrons. The number of ether oxygens (including phenoxy) is 1. The van der Waals surface area contributed by atoms with Crippen LogP contribution in [0.5, 0.6) is 0 Å². The van der Waals surface area contributed by atoms with E-state index in [9.17, 15) is 9.59 Å². The smallest absolute Gasteiger partial charge is 0.338 e. The molecule has 3 rings (SSSR count). The Balaban J connectivity index is 1.51. The van der Waals surface area contributed by atoms with Gasteiger partial charge in [-0.15, -0.1) is 10.2 Å². The Morgan fingerprint density at radius 1 is 1.11 bits per heavy atom. The molecule has 0 saturated carbocycles. The molecule has 0 atom stereocenters. The molecule has 1 amide bonds. The van der Waals surface area contributed by atoms with E-state index in [2.05, 4.69) is 15.5 Å². The van der Waals surface area contributed by atoms with E-state index in [0.29, 0.717) is 29.1 Å². The van der Waals surface area contributed by atoms with Gasteiger partial charge in [0, 0.05) is 11.3 Å². The summed E-state index contributed by atoms with van der Waals surface area (Å²) in [6.45, 7) is -0.413. The number of carbonyl (C=O) groups excluding carboxylic acids is 2. The zero-order chi connectivity index (χ0) is 19.1. The molecule has 1 N–H and O–H groups in total.